The first-order chi connectivity index (χ1) is 12.7. The van der Waals surface area contributed by atoms with Crippen molar-refractivity contribution in [2.75, 3.05) is 19.8 Å². The van der Waals surface area contributed by atoms with Gasteiger partial charge in [-0.1, -0.05) is 71.1 Å². The van der Waals surface area contributed by atoms with Crippen LogP contribution in [0, 0.1) is 0 Å². The topological polar surface area (TPSA) is 72.8 Å². The predicted molar refractivity (Wildman–Crippen MR) is 104 cm³/mol. The molecule has 5 heteroatoms. The maximum Gasteiger partial charge on any atom is 0.305 e. The quantitative estimate of drug-likeness (QED) is 0.225. The van der Waals surface area contributed by atoms with Crippen molar-refractivity contribution < 1.29 is 24.2 Å². The summed E-state index contributed by atoms with van der Waals surface area (Å²) in [5.74, 6) is -1.09. The zero-order valence-corrected chi connectivity index (χ0v) is 16.8. The van der Waals surface area contributed by atoms with Gasteiger partial charge in [-0.3, -0.25) is 9.59 Å². The lowest BCUT2D eigenvalue weighted by molar-refractivity contribution is -0.145. The Morgan fingerprint density at radius 1 is 0.654 bits per heavy atom. The van der Waals surface area contributed by atoms with Gasteiger partial charge >= 0.3 is 11.9 Å². The van der Waals surface area contributed by atoms with Crippen LogP contribution >= 0.6 is 0 Å². The molecular weight excluding hydrogens is 332 g/mol. The van der Waals surface area contributed by atoms with E-state index in [2.05, 4.69) is 6.92 Å². The summed E-state index contributed by atoms with van der Waals surface area (Å²) in [5.41, 5.74) is 0. The normalized spacial score (nSPS) is 10.8. The molecule has 0 aliphatic heterocycles. The largest absolute Gasteiger partial charge is 0.481 e. The Labute approximate surface area is 159 Å². The molecule has 0 rings (SSSR count). The minimum absolute atomic E-state index is 0.106. The first kappa shape index (κ1) is 24.9. The van der Waals surface area contributed by atoms with E-state index in [1.807, 2.05) is 0 Å². The van der Waals surface area contributed by atoms with Crippen molar-refractivity contribution in [3.8, 4) is 0 Å². The van der Waals surface area contributed by atoms with Crippen LogP contribution in [0.4, 0.5) is 0 Å². The first-order valence-electron chi connectivity index (χ1n) is 10.6. The summed E-state index contributed by atoms with van der Waals surface area (Å²) in [6.45, 7) is 3.71. The molecule has 0 amide bonds. The summed E-state index contributed by atoms with van der Waals surface area (Å²) < 4.78 is 10.5. The van der Waals surface area contributed by atoms with E-state index in [1.54, 1.807) is 0 Å². The number of carbonyl (C=O) groups excluding carboxylic acids is 1. The van der Waals surface area contributed by atoms with Crippen LogP contribution in [-0.2, 0) is 19.1 Å². The van der Waals surface area contributed by atoms with Gasteiger partial charge in [0.15, 0.2) is 0 Å². The van der Waals surface area contributed by atoms with Gasteiger partial charge in [-0.15, -0.1) is 0 Å². The summed E-state index contributed by atoms with van der Waals surface area (Å²) >= 11 is 0. The third-order valence-corrected chi connectivity index (χ3v) is 4.40. The molecule has 0 aliphatic rings. The molecule has 1 N–H and O–H groups in total. The number of carbonyl (C=O) groups is 2. The number of ether oxygens (including phenoxy) is 2. The second-order valence-electron chi connectivity index (χ2n) is 6.97. The SMILES string of the molecule is CCCCCCCCCCCCCOCCOC(=O)CCCCC(=O)O. The molecule has 0 aliphatic carbocycles. The van der Waals surface area contributed by atoms with Crippen molar-refractivity contribution in [3.05, 3.63) is 0 Å². The summed E-state index contributed by atoms with van der Waals surface area (Å²) in [4.78, 5) is 21.7. The fourth-order valence-corrected chi connectivity index (χ4v) is 2.80. The maximum atomic E-state index is 11.4. The first-order valence-corrected chi connectivity index (χ1v) is 10.6. The molecule has 0 aromatic heterocycles. The molecule has 0 aromatic rings. The zero-order chi connectivity index (χ0) is 19.3. The predicted octanol–water partition coefficient (Wildman–Crippen LogP) is 5.50. The van der Waals surface area contributed by atoms with Crippen molar-refractivity contribution in [2.45, 2.75) is 103 Å². The smallest absolute Gasteiger partial charge is 0.305 e. The molecule has 0 radical (unpaired) electrons. The number of esters is 1. The van der Waals surface area contributed by atoms with Gasteiger partial charge in [0.2, 0.25) is 0 Å². The number of unbranched alkanes of at least 4 members (excludes halogenated alkanes) is 11. The fourth-order valence-electron chi connectivity index (χ4n) is 2.80. The van der Waals surface area contributed by atoms with Gasteiger partial charge in [0.1, 0.15) is 6.61 Å². The Morgan fingerprint density at radius 2 is 1.19 bits per heavy atom. The van der Waals surface area contributed by atoms with Crippen LogP contribution in [0.2, 0.25) is 0 Å². The lowest BCUT2D eigenvalue weighted by Crippen LogP contribution is -2.11. The molecule has 154 valence electrons. The van der Waals surface area contributed by atoms with Gasteiger partial charge in [0, 0.05) is 19.4 Å². The molecule has 0 spiro atoms. The molecule has 0 aromatic carbocycles. The second kappa shape index (κ2) is 20.2. The summed E-state index contributed by atoms with van der Waals surface area (Å²) in [6.07, 6.45) is 16.0. The Bertz CT molecular complexity index is 330. The molecule has 0 fully saturated rings. The van der Waals surface area contributed by atoms with Crippen molar-refractivity contribution in [1.29, 1.82) is 0 Å². The number of carboxylic acid groups (broad SMARTS) is 1. The highest BCUT2D eigenvalue weighted by Gasteiger charge is 2.04. The third-order valence-electron chi connectivity index (χ3n) is 4.40. The zero-order valence-electron chi connectivity index (χ0n) is 16.8. The van der Waals surface area contributed by atoms with Crippen molar-refractivity contribution in [3.63, 3.8) is 0 Å². The third kappa shape index (κ3) is 20.9. The molecule has 0 atom stereocenters. The highest BCUT2D eigenvalue weighted by Crippen LogP contribution is 2.11. The minimum atomic E-state index is -0.825. The Kier molecular flexibility index (Phi) is 19.4. The van der Waals surface area contributed by atoms with Crippen LogP contribution < -0.4 is 0 Å². The van der Waals surface area contributed by atoms with Crippen LogP contribution in [0.25, 0.3) is 0 Å². The molecule has 0 saturated carbocycles. The number of aliphatic carboxylic acids is 1. The van der Waals surface area contributed by atoms with E-state index in [-0.39, 0.29) is 25.4 Å². The van der Waals surface area contributed by atoms with Crippen LogP contribution in [0.3, 0.4) is 0 Å². The van der Waals surface area contributed by atoms with Crippen LogP contribution in [0.15, 0.2) is 0 Å². The van der Waals surface area contributed by atoms with Gasteiger partial charge < -0.3 is 14.6 Å². The van der Waals surface area contributed by atoms with Crippen LogP contribution in [-0.4, -0.2) is 36.9 Å². The highest BCUT2D eigenvalue weighted by molar-refractivity contribution is 5.69. The molecule has 0 unspecified atom stereocenters. The fraction of sp³-hybridized carbons (Fsp3) is 0.905. The molecule has 0 saturated heterocycles. The van der Waals surface area contributed by atoms with Crippen molar-refractivity contribution in [1.82, 2.24) is 0 Å². The standard InChI is InChI=1S/C21H40O5/c1-2-3-4-5-6-7-8-9-10-11-14-17-25-18-19-26-21(24)16-13-12-15-20(22)23/h2-19H2,1H3,(H,22,23). The lowest BCUT2D eigenvalue weighted by Gasteiger charge is -2.06. The van der Waals surface area contributed by atoms with Gasteiger partial charge in [0.05, 0.1) is 6.61 Å². The minimum Gasteiger partial charge on any atom is -0.481 e. The number of carboxylic acids is 1. The highest BCUT2D eigenvalue weighted by atomic mass is 16.6. The summed E-state index contributed by atoms with van der Waals surface area (Å²) in [6, 6.07) is 0. The molecule has 0 bridgehead atoms. The summed E-state index contributed by atoms with van der Waals surface area (Å²) in [7, 11) is 0. The average Bonchev–Trinajstić information content (AvgIpc) is 2.62. The second-order valence-corrected chi connectivity index (χ2v) is 6.97. The van der Waals surface area contributed by atoms with Gasteiger partial charge in [0.25, 0.3) is 0 Å². The molecular formula is C21H40O5. The average molecular weight is 373 g/mol. The number of hydrogen-bond donors (Lipinski definition) is 1. The van der Waals surface area contributed by atoms with E-state index in [0.717, 1.165) is 13.0 Å². The monoisotopic (exact) mass is 372 g/mol. The maximum absolute atomic E-state index is 11.4. The lowest BCUT2D eigenvalue weighted by atomic mass is 10.1. The number of hydrogen-bond acceptors (Lipinski definition) is 4. The van der Waals surface area contributed by atoms with E-state index >= 15 is 0 Å². The van der Waals surface area contributed by atoms with Gasteiger partial charge in [-0.25, -0.2) is 0 Å². The summed E-state index contributed by atoms with van der Waals surface area (Å²) in [5, 5.41) is 8.50. The van der Waals surface area contributed by atoms with E-state index in [9.17, 15) is 9.59 Å². The molecule has 26 heavy (non-hydrogen) atoms. The Balaban J connectivity index is 3.12. The van der Waals surface area contributed by atoms with Crippen molar-refractivity contribution in [2.24, 2.45) is 0 Å². The van der Waals surface area contributed by atoms with E-state index in [4.69, 9.17) is 14.6 Å². The van der Waals surface area contributed by atoms with E-state index in [0.29, 0.717) is 19.4 Å². The van der Waals surface area contributed by atoms with Gasteiger partial charge in [-0.2, -0.15) is 0 Å². The number of rotatable bonds is 20. The Morgan fingerprint density at radius 3 is 1.77 bits per heavy atom. The van der Waals surface area contributed by atoms with Crippen LogP contribution in [0.1, 0.15) is 103 Å². The van der Waals surface area contributed by atoms with E-state index < -0.39 is 5.97 Å². The molecule has 5 nitrogen and oxygen atoms in total. The van der Waals surface area contributed by atoms with Gasteiger partial charge in [-0.05, 0) is 19.3 Å². The van der Waals surface area contributed by atoms with E-state index in [1.165, 1.54) is 64.2 Å². The Hall–Kier alpha value is -1.10. The van der Waals surface area contributed by atoms with Crippen molar-refractivity contribution >= 4 is 11.9 Å². The molecule has 0 heterocycles. The van der Waals surface area contributed by atoms with Crippen LogP contribution in [0.5, 0.6) is 0 Å².